The summed E-state index contributed by atoms with van der Waals surface area (Å²) in [4.78, 5) is 0. The van der Waals surface area contributed by atoms with Crippen LogP contribution in [-0.4, -0.2) is 27.8 Å². The highest BCUT2D eigenvalue weighted by Gasteiger charge is 2.09. The number of nitrogens with one attached hydrogen (secondary N) is 2. The number of rotatable bonds is 7. The maximum atomic E-state index is 13.1. The van der Waals surface area contributed by atoms with Crippen LogP contribution in [0.4, 0.5) is 4.39 Å². The molecular weight excluding hydrogens is 255 g/mol. The second kappa shape index (κ2) is 6.82. The monoisotopic (exact) mass is 274 g/mol. The van der Waals surface area contributed by atoms with Crippen LogP contribution >= 0.6 is 0 Å². The fraction of sp³-hybridized carbons (Fsp3) is 0.500. The molecular formula is C12H19FN2O2S. The number of hydrogen-bond acceptors (Lipinski definition) is 3. The molecule has 0 aliphatic carbocycles. The first-order valence-corrected chi connectivity index (χ1v) is 7.75. The van der Waals surface area contributed by atoms with E-state index in [1.165, 1.54) is 12.1 Å². The Morgan fingerprint density at radius 3 is 2.61 bits per heavy atom. The van der Waals surface area contributed by atoms with Crippen LogP contribution < -0.4 is 10.0 Å². The summed E-state index contributed by atoms with van der Waals surface area (Å²) in [5.74, 6) is -0.262. The standard InChI is InChI=1S/C12H19FN2O2S/c1-3-12(10-5-4-6-11(13)9-10)14-7-8-15-18(2,16)17/h4-6,9,12,14-15H,3,7-8H2,1-2H3. The molecule has 0 saturated heterocycles. The Morgan fingerprint density at radius 2 is 2.06 bits per heavy atom. The number of hydrogen-bond donors (Lipinski definition) is 2. The van der Waals surface area contributed by atoms with Crippen LogP contribution in [0.15, 0.2) is 24.3 Å². The van der Waals surface area contributed by atoms with Gasteiger partial charge in [0.15, 0.2) is 0 Å². The Bertz CT molecular complexity index is 477. The summed E-state index contributed by atoms with van der Waals surface area (Å²) in [6.45, 7) is 2.82. The van der Waals surface area contributed by atoms with Gasteiger partial charge in [-0.1, -0.05) is 19.1 Å². The molecule has 1 rings (SSSR count). The third-order valence-electron chi connectivity index (χ3n) is 2.54. The Morgan fingerprint density at radius 1 is 1.33 bits per heavy atom. The van der Waals surface area contributed by atoms with Crippen molar-refractivity contribution in [2.75, 3.05) is 19.3 Å². The van der Waals surface area contributed by atoms with Gasteiger partial charge in [0.1, 0.15) is 5.82 Å². The molecule has 0 spiro atoms. The van der Waals surface area contributed by atoms with E-state index in [1.807, 2.05) is 13.0 Å². The van der Waals surface area contributed by atoms with E-state index in [-0.39, 0.29) is 11.9 Å². The van der Waals surface area contributed by atoms with Crippen molar-refractivity contribution in [2.45, 2.75) is 19.4 Å². The zero-order valence-electron chi connectivity index (χ0n) is 10.6. The minimum Gasteiger partial charge on any atom is -0.309 e. The zero-order valence-corrected chi connectivity index (χ0v) is 11.4. The first-order chi connectivity index (χ1) is 8.42. The highest BCUT2D eigenvalue weighted by atomic mass is 32.2. The predicted molar refractivity (Wildman–Crippen MR) is 70.3 cm³/mol. The average Bonchev–Trinajstić information content (AvgIpc) is 2.27. The lowest BCUT2D eigenvalue weighted by Gasteiger charge is -2.17. The second-order valence-corrected chi connectivity index (χ2v) is 5.97. The topological polar surface area (TPSA) is 58.2 Å². The SMILES string of the molecule is CCC(NCCNS(C)(=O)=O)c1cccc(F)c1. The minimum atomic E-state index is -3.15. The van der Waals surface area contributed by atoms with E-state index < -0.39 is 10.0 Å². The molecule has 2 N–H and O–H groups in total. The highest BCUT2D eigenvalue weighted by molar-refractivity contribution is 7.88. The van der Waals surface area contributed by atoms with Crippen molar-refractivity contribution in [1.29, 1.82) is 0 Å². The molecule has 0 aliphatic rings. The smallest absolute Gasteiger partial charge is 0.208 e. The summed E-state index contributed by atoms with van der Waals surface area (Å²) < 4.78 is 37.2. The number of benzene rings is 1. The fourth-order valence-electron chi connectivity index (χ4n) is 1.70. The van der Waals surface area contributed by atoms with Gasteiger partial charge in [0.2, 0.25) is 10.0 Å². The molecule has 0 amide bonds. The zero-order chi connectivity index (χ0) is 13.6. The summed E-state index contributed by atoms with van der Waals surface area (Å²) in [5, 5.41) is 3.19. The van der Waals surface area contributed by atoms with Crippen molar-refractivity contribution < 1.29 is 12.8 Å². The van der Waals surface area contributed by atoms with Gasteiger partial charge < -0.3 is 5.32 Å². The van der Waals surface area contributed by atoms with Crippen LogP contribution in [0, 0.1) is 5.82 Å². The van der Waals surface area contributed by atoms with Gasteiger partial charge in [-0.2, -0.15) is 0 Å². The molecule has 18 heavy (non-hydrogen) atoms. The van der Waals surface area contributed by atoms with Crippen LogP contribution in [0.25, 0.3) is 0 Å². The molecule has 0 bridgehead atoms. The molecule has 0 saturated carbocycles. The average molecular weight is 274 g/mol. The molecule has 1 unspecified atom stereocenters. The van der Waals surface area contributed by atoms with Gasteiger partial charge in [0.25, 0.3) is 0 Å². The molecule has 0 aliphatic heterocycles. The largest absolute Gasteiger partial charge is 0.309 e. The molecule has 1 aromatic rings. The third-order valence-corrected chi connectivity index (χ3v) is 3.27. The van der Waals surface area contributed by atoms with Gasteiger partial charge in [-0.3, -0.25) is 0 Å². The molecule has 4 nitrogen and oxygen atoms in total. The highest BCUT2D eigenvalue weighted by Crippen LogP contribution is 2.16. The first-order valence-electron chi connectivity index (χ1n) is 5.86. The third kappa shape index (κ3) is 5.57. The second-order valence-electron chi connectivity index (χ2n) is 4.14. The molecule has 102 valence electrons. The van der Waals surface area contributed by atoms with Crippen molar-refractivity contribution in [3.8, 4) is 0 Å². The normalized spacial score (nSPS) is 13.5. The number of halogens is 1. The lowest BCUT2D eigenvalue weighted by molar-refractivity contribution is 0.513. The van der Waals surface area contributed by atoms with Gasteiger partial charge in [0.05, 0.1) is 6.26 Å². The summed E-state index contributed by atoms with van der Waals surface area (Å²) in [5.41, 5.74) is 0.872. The van der Waals surface area contributed by atoms with Crippen molar-refractivity contribution in [2.24, 2.45) is 0 Å². The number of sulfonamides is 1. The maximum Gasteiger partial charge on any atom is 0.208 e. The van der Waals surface area contributed by atoms with Crippen LogP contribution in [0.3, 0.4) is 0 Å². The summed E-state index contributed by atoms with van der Waals surface area (Å²) in [6, 6.07) is 6.45. The van der Waals surface area contributed by atoms with Gasteiger partial charge in [-0.15, -0.1) is 0 Å². The van der Waals surface area contributed by atoms with Gasteiger partial charge >= 0.3 is 0 Å². The Balaban J connectivity index is 2.48. The Labute approximate surface area is 108 Å². The molecule has 1 atom stereocenters. The predicted octanol–water partition coefficient (Wildman–Crippen LogP) is 1.42. The van der Waals surface area contributed by atoms with Crippen molar-refractivity contribution >= 4 is 10.0 Å². The molecule has 0 aromatic heterocycles. The lowest BCUT2D eigenvalue weighted by atomic mass is 10.0. The molecule has 1 aromatic carbocycles. The van der Waals surface area contributed by atoms with Gasteiger partial charge in [-0.05, 0) is 24.1 Å². The Kier molecular flexibility index (Phi) is 5.71. The lowest BCUT2D eigenvalue weighted by Crippen LogP contribution is -2.32. The van der Waals surface area contributed by atoms with E-state index >= 15 is 0 Å². The summed E-state index contributed by atoms with van der Waals surface area (Å²) >= 11 is 0. The van der Waals surface area contributed by atoms with E-state index in [0.29, 0.717) is 13.1 Å². The summed E-state index contributed by atoms with van der Waals surface area (Å²) in [6.07, 6.45) is 1.93. The van der Waals surface area contributed by atoms with Crippen LogP contribution in [0.1, 0.15) is 24.9 Å². The molecule has 0 radical (unpaired) electrons. The minimum absolute atomic E-state index is 0.0297. The quantitative estimate of drug-likeness (QED) is 0.739. The van der Waals surface area contributed by atoms with Gasteiger partial charge in [-0.25, -0.2) is 17.5 Å². The van der Waals surface area contributed by atoms with Crippen LogP contribution in [-0.2, 0) is 10.0 Å². The van der Waals surface area contributed by atoms with E-state index in [4.69, 9.17) is 0 Å². The maximum absolute atomic E-state index is 13.1. The van der Waals surface area contributed by atoms with Crippen LogP contribution in [0.5, 0.6) is 0 Å². The van der Waals surface area contributed by atoms with Crippen molar-refractivity contribution in [3.63, 3.8) is 0 Å². The van der Waals surface area contributed by atoms with Crippen molar-refractivity contribution in [1.82, 2.24) is 10.0 Å². The Hall–Kier alpha value is -0.980. The molecule has 0 fully saturated rings. The first kappa shape index (κ1) is 15.1. The van der Waals surface area contributed by atoms with E-state index in [9.17, 15) is 12.8 Å². The van der Waals surface area contributed by atoms with E-state index in [2.05, 4.69) is 10.0 Å². The molecule has 6 heteroatoms. The van der Waals surface area contributed by atoms with Crippen LogP contribution in [0.2, 0.25) is 0 Å². The van der Waals surface area contributed by atoms with E-state index in [1.54, 1.807) is 6.07 Å². The summed E-state index contributed by atoms with van der Waals surface area (Å²) in [7, 11) is -3.15. The van der Waals surface area contributed by atoms with Crippen molar-refractivity contribution in [3.05, 3.63) is 35.6 Å². The fourth-order valence-corrected chi connectivity index (χ4v) is 2.18. The van der Waals surface area contributed by atoms with Gasteiger partial charge in [0, 0.05) is 19.1 Å². The van der Waals surface area contributed by atoms with E-state index in [0.717, 1.165) is 18.2 Å². The molecule has 0 heterocycles.